The van der Waals surface area contributed by atoms with Crippen LogP contribution in [-0.2, 0) is 10.8 Å². The molecule has 312 valence electrons. The first kappa shape index (κ1) is 38.4. The highest BCUT2D eigenvalue weighted by atomic mass is 16.5. The molecule has 0 atom stereocenters. The van der Waals surface area contributed by atoms with Gasteiger partial charge in [0.1, 0.15) is 34.1 Å². The van der Waals surface area contributed by atoms with E-state index in [0.29, 0.717) is 57.4 Å². The summed E-state index contributed by atoms with van der Waals surface area (Å²) in [7, 11) is 0. The summed E-state index contributed by atoms with van der Waals surface area (Å²) in [5.74, 6) is 3.52. The van der Waals surface area contributed by atoms with Crippen molar-refractivity contribution in [3.8, 4) is 57.1 Å². The Morgan fingerprint density at radius 2 is 0.769 bits per heavy atom. The minimum Gasteiger partial charge on any atom is -0.456 e. The third-order valence-corrected chi connectivity index (χ3v) is 13.0. The van der Waals surface area contributed by atoms with E-state index in [0.717, 1.165) is 66.1 Å². The van der Waals surface area contributed by atoms with Crippen LogP contribution in [-0.4, -0.2) is 39.9 Å². The number of aromatic amines is 2. The molecule has 9 heteroatoms. The number of ether oxygens (including phenoxy) is 1. The minimum absolute atomic E-state index is 0.513. The number of nitrogens with zero attached hydrogens (tertiary/aromatic N) is 6. The van der Waals surface area contributed by atoms with Gasteiger partial charge in [-0.3, -0.25) is 0 Å². The molecule has 7 aromatic carbocycles. The van der Waals surface area contributed by atoms with Crippen molar-refractivity contribution < 1.29 is 4.74 Å². The van der Waals surface area contributed by atoms with Crippen molar-refractivity contribution in [1.82, 2.24) is 39.9 Å². The molecule has 3 aromatic heterocycles. The van der Waals surface area contributed by atoms with Crippen LogP contribution in [0.3, 0.4) is 0 Å². The van der Waals surface area contributed by atoms with Gasteiger partial charge < -0.3 is 14.7 Å². The molecule has 0 saturated carbocycles. The second kappa shape index (κ2) is 14.6. The predicted octanol–water partition coefficient (Wildman–Crippen LogP) is 13.3. The maximum Gasteiger partial charge on any atom is 0.164 e. The molecule has 0 aliphatic carbocycles. The number of fused-ring (bicyclic) bond motifs is 20. The third-order valence-electron chi connectivity index (χ3n) is 13.0. The van der Waals surface area contributed by atoms with Gasteiger partial charge in [-0.05, 0) is 34.9 Å². The molecule has 0 spiro atoms. The Morgan fingerprint density at radius 3 is 1.26 bits per heavy atom. The molecule has 0 radical (unpaired) electrons. The number of para-hydroxylation sites is 1. The van der Waals surface area contributed by atoms with Crippen molar-refractivity contribution in [2.45, 2.75) is 38.5 Å². The Morgan fingerprint density at radius 1 is 0.385 bits per heavy atom. The van der Waals surface area contributed by atoms with Crippen LogP contribution in [0.5, 0.6) is 11.5 Å². The number of hydrogen-bond donors (Lipinski definition) is 2. The SMILES string of the molecule is CC(C)(c1ccccc1)c1cc2c3nc4nc(nc5[nH]c(nc6nc(nc([nH]3)c2c(Oc2ccccc2)c1C(C)(C)c1ccccc1)-c1ccccc1-6)c1ccccc51)-c1ccccc1-4. The Balaban J connectivity index is 1.30. The fourth-order valence-corrected chi connectivity index (χ4v) is 9.60. The lowest BCUT2D eigenvalue weighted by atomic mass is 9.67. The van der Waals surface area contributed by atoms with Gasteiger partial charge in [0, 0.05) is 54.8 Å². The van der Waals surface area contributed by atoms with E-state index in [1.807, 2.05) is 97.1 Å². The number of H-pyrrole nitrogens is 2. The van der Waals surface area contributed by atoms with E-state index < -0.39 is 10.8 Å². The molecule has 8 bridgehead atoms. The van der Waals surface area contributed by atoms with Crippen LogP contribution in [0.15, 0.2) is 170 Å². The van der Waals surface area contributed by atoms with Crippen LogP contribution in [0, 0.1) is 0 Å². The first-order chi connectivity index (χ1) is 31.7. The summed E-state index contributed by atoms with van der Waals surface area (Å²) in [4.78, 5) is 39.0. The average Bonchev–Trinajstić information content (AvgIpc) is 4.08. The second-order valence-electron chi connectivity index (χ2n) is 17.7. The van der Waals surface area contributed by atoms with Gasteiger partial charge >= 0.3 is 0 Å². The Hall–Kier alpha value is -8.30. The summed E-state index contributed by atoms with van der Waals surface area (Å²) in [6, 6.07) is 58.0. The maximum absolute atomic E-state index is 7.34. The van der Waals surface area contributed by atoms with Gasteiger partial charge in [-0.2, -0.15) is 0 Å². The number of hydrogen-bond acceptors (Lipinski definition) is 7. The number of benzene rings is 7. The van der Waals surface area contributed by atoms with Crippen molar-refractivity contribution in [2.75, 3.05) is 0 Å². The largest absolute Gasteiger partial charge is 0.456 e. The molecular weight excluding hydrogens is 801 g/mol. The molecular formula is C56H42N8O. The predicted molar refractivity (Wildman–Crippen MR) is 260 cm³/mol. The average molecular weight is 843 g/mol. The molecule has 5 heterocycles. The van der Waals surface area contributed by atoms with E-state index in [-0.39, 0.29) is 0 Å². The summed E-state index contributed by atoms with van der Waals surface area (Å²) in [6.45, 7) is 9.14. The molecule has 0 unspecified atom stereocenters. The van der Waals surface area contributed by atoms with Crippen molar-refractivity contribution in [3.05, 3.63) is 192 Å². The van der Waals surface area contributed by atoms with Gasteiger partial charge in [0.15, 0.2) is 23.3 Å². The molecule has 9 nitrogen and oxygen atoms in total. The van der Waals surface area contributed by atoms with Gasteiger partial charge in [0.2, 0.25) is 0 Å². The van der Waals surface area contributed by atoms with E-state index in [1.165, 1.54) is 0 Å². The topological polar surface area (TPSA) is 118 Å². The van der Waals surface area contributed by atoms with Gasteiger partial charge in [-0.1, -0.05) is 179 Å². The van der Waals surface area contributed by atoms with Crippen LogP contribution >= 0.6 is 0 Å². The monoisotopic (exact) mass is 842 g/mol. The fourth-order valence-electron chi connectivity index (χ4n) is 9.60. The zero-order valence-corrected chi connectivity index (χ0v) is 36.3. The highest BCUT2D eigenvalue weighted by Gasteiger charge is 2.38. The lowest BCUT2D eigenvalue weighted by Crippen LogP contribution is -2.29. The van der Waals surface area contributed by atoms with Crippen molar-refractivity contribution in [1.29, 1.82) is 0 Å². The molecule has 0 amide bonds. The molecule has 2 N–H and O–H groups in total. The normalized spacial score (nSPS) is 12.3. The van der Waals surface area contributed by atoms with E-state index in [1.54, 1.807) is 0 Å². The van der Waals surface area contributed by atoms with Crippen molar-refractivity contribution in [2.24, 2.45) is 0 Å². The van der Waals surface area contributed by atoms with Crippen molar-refractivity contribution >= 4 is 44.1 Å². The molecule has 0 fully saturated rings. The van der Waals surface area contributed by atoms with Crippen molar-refractivity contribution in [3.63, 3.8) is 0 Å². The Kier molecular flexibility index (Phi) is 8.64. The summed E-state index contributed by atoms with van der Waals surface area (Å²) in [5.41, 5.74) is 9.27. The van der Waals surface area contributed by atoms with Crippen LogP contribution in [0.1, 0.15) is 49.9 Å². The highest BCUT2D eigenvalue weighted by Crippen LogP contribution is 2.51. The zero-order valence-electron chi connectivity index (χ0n) is 36.3. The van der Waals surface area contributed by atoms with Crippen LogP contribution in [0.4, 0.5) is 0 Å². The lowest BCUT2D eigenvalue weighted by molar-refractivity contribution is 0.460. The summed E-state index contributed by atoms with van der Waals surface area (Å²) in [5, 5.41) is 3.45. The van der Waals surface area contributed by atoms with E-state index >= 15 is 0 Å². The van der Waals surface area contributed by atoms with Crippen LogP contribution < -0.4 is 4.74 Å². The van der Waals surface area contributed by atoms with Crippen LogP contribution in [0.2, 0.25) is 0 Å². The fraction of sp³-hybridized carbons (Fsp3) is 0.107. The number of aromatic nitrogens is 8. The lowest BCUT2D eigenvalue weighted by Gasteiger charge is -2.37. The van der Waals surface area contributed by atoms with E-state index in [9.17, 15) is 0 Å². The number of nitrogens with one attached hydrogen (secondary N) is 2. The smallest absolute Gasteiger partial charge is 0.164 e. The Bertz CT molecular complexity index is 3690. The molecule has 65 heavy (non-hydrogen) atoms. The van der Waals surface area contributed by atoms with E-state index in [4.69, 9.17) is 34.6 Å². The summed E-state index contributed by atoms with van der Waals surface area (Å²) in [6.07, 6.45) is 0. The van der Waals surface area contributed by atoms with Crippen LogP contribution in [0.25, 0.3) is 89.7 Å². The standard InChI is InChI=1S/C56H42N8O/c1-55(2,33-20-8-5-9-21-33)43-32-42-44(46(65-35-24-12-7-13-25-35)45(43)56(3,4)34-22-10-6-11-23-34)54-63-52-41-31-19-18-30-40(41)50(61-52)59-48-37-27-15-14-26-36(37)47(57-48)58-49-38-28-16-17-29-39(38)51(60-49)62-53(42)64-54/h5-32H,1-4H3,(H2,57,58,59,60,61,62,63,64). The highest BCUT2D eigenvalue weighted by molar-refractivity contribution is 6.10. The second-order valence-corrected chi connectivity index (χ2v) is 17.7. The molecule has 2 aliphatic heterocycles. The maximum atomic E-state index is 7.34. The summed E-state index contributed by atoms with van der Waals surface area (Å²) < 4.78 is 7.34. The quantitative estimate of drug-likeness (QED) is 0.171. The van der Waals surface area contributed by atoms with E-state index in [2.05, 4.69) is 110 Å². The first-order valence-corrected chi connectivity index (χ1v) is 21.9. The number of rotatable bonds is 6. The van der Waals surface area contributed by atoms with Gasteiger partial charge in [0.05, 0.1) is 5.39 Å². The van der Waals surface area contributed by atoms with Gasteiger partial charge in [-0.15, -0.1) is 0 Å². The molecule has 10 aromatic rings. The molecule has 0 saturated heterocycles. The van der Waals surface area contributed by atoms with Gasteiger partial charge in [-0.25, -0.2) is 29.9 Å². The zero-order chi connectivity index (χ0) is 43.9. The molecule has 12 rings (SSSR count). The Labute approximate surface area is 375 Å². The first-order valence-electron chi connectivity index (χ1n) is 21.9. The minimum atomic E-state index is -0.573. The summed E-state index contributed by atoms with van der Waals surface area (Å²) >= 11 is 0. The van der Waals surface area contributed by atoms with Gasteiger partial charge in [0.25, 0.3) is 0 Å². The third kappa shape index (κ3) is 6.22. The molecule has 2 aliphatic rings.